The van der Waals surface area contributed by atoms with E-state index in [2.05, 4.69) is 6.07 Å². The SMILES string of the molecule is COc1c2occ(C)c2cc2c3c(c(=O)oc12)CCCC3. The molecule has 1 aliphatic rings. The van der Waals surface area contributed by atoms with Crippen LogP contribution in [-0.2, 0) is 12.8 Å². The van der Waals surface area contributed by atoms with Gasteiger partial charge in [-0.05, 0) is 49.8 Å². The van der Waals surface area contributed by atoms with Crippen LogP contribution < -0.4 is 10.4 Å². The Morgan fingerprint density at radius 1 is 1.10 bits per heavy atom. The van der Waals surface area contributed by atoms with Gasteiger partial charge in [0.1, 0.15) is 0 Å². The first-order valence-electron chi connectivity index (χ1n) is 7.24. The summed E-state index contributed by atoms with van der Waals surface area (Å²) in [5, 5.41) is 2.00. The van der Waals surface area contributed by atoms with Crippen molar-refractivity contribution in [1.82, 2.24) is 0 Å². The smallest absolute Gasteiger partial charge is 0.339 e. The molecule has 0 unspecified atom stereocenters. The lowest BCUT2D eigenvalue weighted by Gasteiger charge is -2.17. The van der Waals surface area contributed by atoms with Gasteiger partial charge >= 0.3 is 5.63 Å². The third-order valence-electron chi connectivity index (χ3n) is 4.41. The molecule has 0 saturated heterocycles. The minimum atomic E-state index is -0.238. The van der Waals surface area contributed by atoms with Crippen LogP contribution in [0.2, 0.25) is 0 Å². The van der Waals surface area contributed by atoms with Gasteiger partial charge in [0.15, 0.2) is 11.2 Å². The van der Waals surface area contributed by atoms with E-state index in [4.69, 9.17) is 13.6 Å². The largest absolute Gasteiger partial charge is 0.490 e. The molecule has 1 aliphatic carbocycles. The molecule has 1 aromatic carbocycles. The van der Waals surface area contributed by atoms with Crippen LogP contribution in [0.5, 0.6) is 5.75 Å². The monoisotopic (exact) mass is 284 g/mol. The highest BCUT2D eigenvalue weighted by atomic mass is 16.5. The molecule has 4 rings (SSSR count). The zero-order valence-electron chi connectivity index (χ0n) is 12.1. The fourth-order valence-electron chi connectivity index (χ4n) is 3.34. The van der Waals surface area contributed by atoms with Gasteiger partial charge in [-0.3, -0.25) is 0 Å². The van der Waals surface area contributed by atoms with Gasteiger partial charge in [0.25, 0.3) is 0 Å². The standard InChI is InChI=1S/C17H16O4/c1-9-8-20-14-12(9)7-13-10-5-3-4-6-11(10)17(18)21-15(13)16(14)19-2/h7-8H,3-6H2,1-2H3. The third-order valence-corrected chi connectivity index (χ3v) is 4.41. The molecule has 4 nitrogen and oxygen atoms in total. The van der Waals surface area contributed by atoms with Crippen molar-refractivity contribution < 1.29 is 13.6 Å². The summed E-state index contributed by atoms with van der Waals surface area (Å²) >= 11 is 0. The Balaban J connectivity index is 2.24. The van der Waals surface area contributed by atoms with Gasteiger partial charge in [-0.2, -0.15) is 0 Å². The lowest BCUT2D eigenvalue weighted by Crippen LogP contribution is -2.16. The Morgan fingerprint density at radius 3 is 2.62 bits per heavy atom. The highest BCUT2D eigenvalue weighted by molar-refractivity contribution is 6.02. The molecule has 2 aromatic heterocycles. The number of fused-ring (bicyclic) bond motifs is 4. The molecule has 0 amide bonds. The van der Waals surface area contributed by atoms with Crippen molar-refractivity contribution in [3.05, 3.63) is 39.4 Å². The van der Waals surface area contributed by atoms with Crippen molar-refractivity contribution in [2.45, 2.75) is 32.6 Å². The minimum absolute atomic E-state index is 0.238. The summed E-state index contributed by atoms with van der Waals surface area (Å²) in [6, 6.07) is 2.07. The first-order chi connectivity index (χ1) is 10.2. The van der Waals surface area contributed by atoms with Crippen LogP contribution in [0.4, 0.5) is 0 Å². The van der Waals surface area contributed by atoms with Gasteiger partial charge < -0.3 is 13.6 Å². The van der Waals surface area contributed by atoms with Crippen LogP contribution in [0.25, 0.3) is 21.9 Å². The summed E-state index contributed by atoms with van der Waals surface area (Å²) in [6.07, 6.45) is 5.58. The van der Waals surface area contributed by atoms with Gasteiger partial charge in [0.2, 0.25) is 5.75 Å². The number of benzene rings is 1. The zero-order chi connectivity index (χ0) is 14.6. The maximum absolute atomic E-state index is 12.2. The van der Waals surface area contributed by atoms with E-state index in [1.807, 2.05) is 6.92 Å². The quantitative estimate of drug-likeness (QED) is 0.639. The third kappa shape index (κ3) is 1.65. The maximum atomic E-state index is 12.2. The number of hydrogen-bond acceptors (Lipinski definition) is 4. The molecule has 21 heavy (non-hydrogen) atoms. The van der Waals surface area contributed by atoms with E-state index < -0.39 is 0 Å². The topological polar surface area (TPSA) is 52.6 Å². The van der Waals surface area contributed by atoms with E-state index in [1.165, 1.54) is 0 Å². The molecule has 108 valence electrons. The predicted octanol–water partition coefficient (Wildman–Crippen LogP) is 3.74. The number of hydrogen-bond donors (Lipinski definition) is 0. The van der Waals surface area contributed by atoms with Crippen molar-refractivity contribution in [2.75, 3.05) is 7.11 Å². The Hall–Kier alpha value is -2.23. The number of rotatable bonds is 1. The van der Waals surface area contributed by atoms with Crippen LogP contribution in [0.15, 0.2) is 26.0 Å². The number of ether oxygens (including phenoxy) is 1. The molecule has 4 heteroatoms. The minimum Gasteiger partial charge on any atom is -0.490 e. The Morgan fingerprint density at radius 2 is 1.86 bits per heavy atom. The Kier molecular flexibility index (Phi) is 2.61. The Labute approximate surface area is 121 Å². The molecule has 0 spiro atoms. The molecular weight excluding hydrogens is 268 g/mol. The van der Waals surface area contributed by atoms with Crippen molar-refractivity contribution >= 4 is 21.9 Å². The van der Waals surface area contributed by atoms with Gasteiger partial charge in [-0.25, -0.2) is 4.79 Å². The van der Waals surface area contributed by atoms with Gasteiger partial charge in [-0.15, -0.1) is 0 Å². The van der Waals surface area contributed by atoms with Crippen LogP contribution in [0, 0.1) is 6.92 Å². The number of methoxy groups -OCH3 is 1. The second kappa shape index (κ2) is 4.38. The molecule has 3 aromatic rings. The first-order valence-corrected chi connectivity index (χ1v) is 7.24. The number of furan rings is 1. The van der Waals surface area contributed by atoms with Gasteiger partial charge in [-0.1, -0.05) is 0 Å². The summed E-state index contributed by atoms with van der Waals surface area (Å²) < 4.78 is 16.6. The van der Waals surface area contributed by atoms with E-state index >= 15 is 0 Å². The highest BCUT2D eigenvalue weighted by Gasteiger charge is 2.23. The van der Waals surface area contributed by atoms with Crippen LogP contribution in [0.1, 0.15) is 29.5 Å². The van der Waals surface area contributed by atoms with Crippen molar-refractivity contribution in [3.63, 3.8) is 0 Å². The van der Waals surface area contributed by atoms with Crippen molar-refractivity contribution in [1.29, 1.82) is 0 Å². The number of aryl methyl sites for hydroxylation is 2. The molecule has 0 atom stereocenters. The molecule has 0 saturated carbocycles. The summed E-state index contributed by atoms with van der Waals surface area (Å²) in [5.74, 6) is 0.515. The summed E-state index contributed by atoms with van der Waals surface area (Å²) in [5.41, 5.74) is 3.91. The fraction of sp³-hybridized carbons (Fsp3) is 0.353. The van der Waals surface area contributed by atoms with E-state index in [1.54, 1.807) is 13.4 Å². The van der Waals surface area contributed by atoms with Crippen LogP contribution in [0.3, 0.4) is 0 Å². The fourth-order valence-corrected chi connectivity index (χ4v) is 3.34. The first kappa shape index (κ1) is 12.5. The average Bonchev–Trinajstić information content (AvgIpc) is 2.87. The second-order valence-corrected chi connectivity index (χ2v) is 5.64. The van der Waals surface area contributed by atoms with E-state index in [9.17, 15) is 4.79 Å². The van der Waals surface area contributed by atoms with Crippen molar-refractivity contribution in [3.8, 4) is 5.75 Å². The summed E-state index contributed by atoms with van der Waals surface area (Å²) in [6.45, 7) is 2.00. The molecule has 0 fully saturated rings. The second-order valence-electron chi connectivity index (χ2n) is 5.64. The molecular formula is C17H16O4. The van der Waals surface area contributed by atoms with E-state index in [-0.39, 0.29) is 5.63 Å². The Bertz CT molecular complexity index is 914. The van der Waals surface area contributed by atoms with Crippen LogP contribution in [-0.4, -0.2) is 7.11 Å². The summed E-state index contributed by atoms with van der Waals surface area (Å²) in [4.78, 5) is 12.2. The normalized spacial score (nSPS) is 14.6. The maximum Gasteiger partial charge on any atom is 0.339 e. The molecule has 0 bridgehead atoms. The molecule has 2 heterocycles. The molecule has 0 radical (unpaired) electrons. The van der Waals surface area contributed by atoms with E-state index in [0.717, 1.165) is 53.1 Å². The lowest BCUT2D eigenvalue weighted by molar-refractivity contribution is 0.401. The lowest BCUT2D eigenvalue weighted by atomic mass is 9.90. The molecule has 0 aliphatic heterocycles. The highest BCUT2D eigenvalue weighted by Crippen LogP contribution is 2.39. The van der Waals surface area contributed by atoms with Crippen LogP contribution >= 0.6 is 0 Å². The molecule has 0 N–H and O–H groups in total. The zero-order valence-corrected chi connectivity index (χ0v) is 12.1. The van der Waals surface area contributed by atoms with Crippen molar-refractivity contribution in [2.24, 2.45) is 0 Å². The van der Waals surface area contributed by atoms with E-state index in [0.29, 0.717) is 16.9 Å². The van der Waals surface area contributed by atoms with Gasteiger partial charge in [0, 0.05) is 16.3 Å². The predicted molar refractivity (Wildman–Crippen MR) is 80.2 cm³/mol. The average molecular weight is 284 g/mol. The van der Waals surface area contributed by atoms with Gasteiger partial charge in [0.05, 0.1) is 13.4 Å². The summed E-state index contributed by atoms with van der Waals surface area (Å²) in [7, 11) is 1.57.